The lowest BCUT2D eigenvalue weighted by molar-refractivity contribution is 0.425. The van der Waals surface area contributed by atoms with Gasteiger partial charge in [-0.1, -0.05) is 5.16 Å². The maximum atomic E-state index is 9.85. The Bertz CT molecular complexity index is 759. The van der Waals surface area contributed by atoms with Crippen molar-refractivity contribution in [3.63, 3.8) is 0 Å². The molecule has 0 amide bonds. The second-order valence-corrected chi connectivity index (χ2v) is 6.11. The molecule has 0 saturated carbocycles. The molecule has 0 aliphatic rings. The largest absolute Gasteiger partial charge is 0.507 e. The summed E-state index contributed by atoms with van der Waals surface area (Å²) in [6, 6.07) is 8.81. The van der Waals surface area contributed by atoms with Gasteiger partial charge in [0.05, 0.1) is 5.56 Å². The quantitative estimate of drug-likeness (QED) is 0.608. The summed E-state index contributed by atoms with van der Waals surface area (Å²) >= 11 is 5.47. The number of aromatic hydroxyl groups is 1. The highest BCUT2D eigenvalue weighted by Crippen LogP contribution is 2.30. The number of phenols is 1. The summed E-state index contributed by atoms with van der Waals surface area (Å²) in [5.74, 6) is 0.746. The van der Waals surface area contributed by atoms with Gasteiger partial charge in [-0.15, -0.1) is 0 Å². The molecule has 0 radical (unpaired) electrons. The van der Waals surface area contributed by atoms with Crippen LogP contribution in [0.25, 0.3) is 23.0 Å². The highest BCUT2D eigenvalue weighted by Gasteiger charge is 2.15. The molecule has 0 aliphatic heterocycles. The average molecular weight is 444 g/mol. The summed E-state index contributed by atoms with van der Waals surface area (Å²) < 4.78 is 7.04. The van der Waals surface area contributed by atoms with Crippen molar-refractivity contribution >= 4 is 38.5 Å². The number of phenolic OH excluding ortho intramolecular Hbond substituents is 1. The van der Waals surface area contributed by atoms with Crippen molar-refractivity contribution in [3.05, 3.63) is 44.6 Å². The highest BCUT2D eigenvalue weighted by molar-refractivity contribution is 14.1. The Morgan fingerprint density at radius 2 is 2.05 bits per heavy atom. The first-order chi connectivity index (χ1) is 9.63. The number of benzene rings is 1. The maximum absolute atomic E-state index is 9.85. The molecule has 1 aromatic carbocycles. The molecule has 3 aromatic rings. The minimum absolute atomic E-state index is 0.101. The first-order valence-corrected chi connectivity index (χ1v) is 7.45. The molecular formula is C13H7BrIN3O2. The van der Waals surface area contributed by atoms with Crippen LogP contribution in [0.15, 0.2) is 45.5 Å². The van der Waals surface area contributed by atoms with Crippen LogP contribution in [0.5, 0.6) is 5.75 Å². The highest BCUT2D eigenvalue weighted by atomic mass is 127. The topological polar surface area (TPSA) is 72.0 Å². The van der Waals surface area contributed by atoms with Gasteiger partial charge in [-0.25, -0.2) is 0 Å². The minimum atomic E-state index is 0.101. The lowest BCUT2D eigenvalue weighted by atomic mass is 10.2. The van der Waals surface area contributed by atoms with Crippen LogP contribution in [-0.4, -0.2) is 20.2 Å². The Balaban J connectivity index is 2.01. The zero-order valence-electron chi connectivity index (χ0n) is 9.92. The average Bonchev–Trinajstić information content (AvgIpc) is 2.92. The Kier molecular flexibility index (Phi) is 3.70. The standard InChI is InChI=1S/C13H7BrIN3O2/c14-7-1-3-10(16-6-7)12-17-13(20-18-12)9-5-8(15)2-4-11(9)19/h1-6,19H. The summed E-state index contributed by atoms with van der Waals surface area (Å²) in [6.07, 6.45) is 1.66. The SMILES string of the molecule is Oc1ccc(I)cc1-c1nc(-c2ccc(Br)cn2)no1. The van der Waals surface area contributed by atoms with E-state index in [1.165, 1.54) is 0 Å². The van der Waals surface area contributed by atoms with E-state index in [9.17, 15) is 5.11 Å². The van der Waals surface area contributed by atoms with Gasteiger partial charge < -0.3 is 9.63 Å². The van der Waals surface area contributed by atoms with Crippen molar-refractivity contribution in [2.24, 2.45) is 0 Å². The van der Waals surface area contributed by atoms with Gasteiger partial charge in [0.1, 0.15) is 11.4 Å². The Hall–Kier alpha value is -1.48. The predicted molar refractivity (Wildman–Crippen MR) is 85.0 cm³/mol. The maximum Gasteiger partial charge on any atom is 0.262 e. The molecule has 0 atom stereocenters. The van der Waals surface area contributed by atoms with Gasteiger partial charge in [0.2, 0.25) is 5.82 Å². The molecule has 0 bridgehead atoms. The number of hydrogen-bond acceptors (Lipinski definition) is 5. The van der Waals surface area contributed by atoms with Gasteiger partial charge >= 0.3 is 0 Å². The lowest BCUT2D eigenvalue weighted by Gasteiger charge is -1.99. The molecular weight excluding hydrogens is 437 g/mol. The Morgan fingerprint density at radius 3 is 2.80 bits per heavy atom. The number of rotatable bonds is 2. The number of halogens is 2. The summed E-state index contributed by atoms with van der Waals surface area (Å²) in [4.78, 5) is 8.46. The third-order valence-electron chi connectivity index (χ3n) is 2.57. The Labute approximate surface area is 136 Å². The van der Waals surface area contributed by atoms with Crippen LogP contribution in [0.3, 0.4) is 0 Å². The third kappa shape index (κ3) is 2.68. The van der Waals surface area contributed by atoms with Gasteiger partial charge in [0.15, 0.2) is 0 Å². The zero-order chi connectivity index (χ0) is 14.1. The van der Waals surface area contributed by atoms with E-state index in [0.717, 1.165) is 8.04 Å². The predicted octanol–water partition coefficient (Wildman–Crippen LogP) is 3.87. The van der Waals surface area contributed by atoms with Crippen LogP contribution in [0.1, 0.15) is 0 Å². The van der Waals surface area contributed by atoms with Crippen molar-refractivity contribution in [3.8, 4) is 28.7 Å². The fraction of sp³-hybridized carbons (Fsp3) is 0. The second kappa shape index (κ2) is 5.49. The summed E-state index contributed by atoms with van der Waals surface area (Å²) in [5, 5.41) is 13.7. The number of nitrogens with zero attached hydrogens (tertiary/aromatic N) is 3. The van der Waals surface area contributed by atoms with Crippen LogP contribution >= 0.6 is 38.5 Å². The molecule has 0 saturated heterocycles. The molecule has 20 heavy (non-hydrogen) atoms. The van der Waals surface area contributed by atoms with Gasteiger partial charge in [0, 0.05) is 14.2 Å². The van der Waals surface area contributed by atoms with Crippen LogP contribution < -0.4 is 0 Å². The van der Waals surface area contributed by atoms with Gasteiger partial charge in [0.25, 0.3) is 5.89 Å². The summed E-state index contributed by atoms with van der Waals surface area (Å²) in [7, 11) is 0. The lowest BCUT2D eigenvalue weighted by Crippen LogP contribution is -1.85. The van der Waals surface area contributed by atoms with Crippen molar-refractivity contribution in [1.29, 1.82) is 0 Å². The van der Waals surface area contributed by atoms with Crippen molar-refractivity contribution in [2.45, 2.75) is 0 Å². The van der Waals surface area contributed by atoms with Crippen LogP contribution in [-0.2, 0) is 0 Å². The molecule has 2 aromatic heterocycles. The van der Waals surface area contributed by atoms with E-state index in [-0.39, 0.29) is 11.6 Å². The van der Waals surface area contributed by atoms with Crippen LogP contribution in [0.4, 0.5) is 0 Å². The first-order valence-electron chi connectivity index (χ1n) is 5.58. The van der Waals surface area contributed by atoms with E-state index in [0.29, 0.717) is 17.1 Å². The molecule has 0 fully saturated rings. The van der Waals surface area contributed by atoms with E-state index in [1.807, 2.05) is 6.07 Å². The minimum Gasteiger partial charge on any atom is -0.507 e. The third-order valence-corrected chi connectivity index (χ3v) is 3.71. The van der Waals surface area contributed by atoms with Gasteiger partial charge in [-0.2, -0.15) is 4.98 Å². The number of pyridine rings is 1. The summed E-state index contributed by atoms with van der Waals surface area (Å²) in [6.45, 7) is 0. The fourth-order valence-corrected chi connectivity index (χ4v) is 2.35. The molecule has 1 N–H and O–H groups in total. The zero-order valence-corrected chi connectivity index (χ0v) is 13.7. The van der Waals surface area contributed by atoms with Gasteiger partial charge in [-0.3, -0.25) is 4.98 Å². The van der Waals surface area contributed by atoms with Gasteiger partial charge in [-0.05, 0) is 68.9 Å². The molecule has 0 aliphatic carbocycles. The van der Waals surface area contributed by atoms with E-state index in [2.05, 4.69) is 53.6 Å². The molecule has 2 heterocycles. The van der Waals surface area contributed by atoms with E-state index >= 15 is 0 Å². The number of aromatic nitrogens is 3. The molecule has 0 unspecified atom stereocenters. The first kappa shape index (κ1) is 13.5. The van der Waals surface area contributed by atoms with E-state index in [1.54, 1.807) is 30.5 Å². The molecule has 7 heteroatoms. The Morgan fingerprint density at radius 1 is 1.20 bits per heavy atom. The molecule has 3 rings (SSSR count). The fourth-order valence-electron chi connectivity index (χ4n) is 1.62. The molecule has 0 spiro atoms. The number of hydrogen-bond donors (Lipinski definition) is 1. The summed E-state index contributed by atoms with van der Waals surface area (Å²) in [5.41, 5.74) is 1.11. The van der Waals surface area contributed by atoms with Crippen molar-refractivity contribution in [2.75, 3.05) is 0 Å². The van der Waals surface area contributed by atoms with Crippen molar-refractivity contribution < 1.29 is 9.63 Å². The smallest absolute Gasteiger partial charge is 0.262 e. The van der Waals surface area contributed by atoms with Crippen LogP contribution in [0.2, 0.25) is 0 Å². The molecule has 5 nitrogen and oxygen atoms in total. The second-order valence-electron chi connectivity index (χ2n) is 3.95. The van der Waals surface area contributed by atoms with E-state index < -0.39 is 0 Å². The monoisotopic (exact) mass is 443 g/mol. The normalized spacial score (nSPS) is 10.7. The molecule has 100 valence electrons. The van der Waals surface area contributed by atoms with Crippen LogP contribution in [0, 0.1) is 3.57 Å². The van der Waals surface area contributed by atoms with Crippen molar-refractivity contribution in [1.82, 2.24) is 15.1 Å². The van der Waals surface area contributed by atoms with E-state index in [4.69, 9.17) is 4.52 Å².